The minimum atomic E-state index is 0.307. The van der Waals surface area contributed by atoms with E-state index in [0.29, 0.717) is 18.1 Å². The number of ketones is 1. The molecular formula is C27H38N2O. The summed E-state index contributed by atoms with van der Waals surface area (Å²) < 4.78 is 0. The summed E-state index contributed by atoms with van der Waals surface area (Å²) in [6, 6.07) is 15.3. The summed E-state index contributed by atoms with van der Waals surface area (Å²) in [6.45, 7) is 8.54. The molecule has 1 aliphatic heterocycles. The molecule has 30 heavy (non-hydrogen) atoms. The molecule has 1 heterocycles. The normalized spacial score (nSPS) is 15.4. The van der Waals surface area contributed by atoms with Gasteiger partial charge in [-0.25, -0.2) is 0 Å². The van der Waals surface area contributed by atoms with Crippen LogP contribution < -0.4 is 5.32 Å². The predicted molar refractivity (Wildman–Crippen MR) is 126 cm³/mol. The van der Waals surface area contributed by atoms with Crippen molar-refractivity contribution in [3.63, 3.8) is 0 Å². The van der Waals surface area contributed by atoms with Gasteiger partial charge in [0.2, 0.25) is 0 Å². The first-order valence-electron chi connectivity index (χ1n) is 11.7. The lowest BCUT2D eigenvalue weighted by Crippen LogP contribution is -2.25. The Morgan fingerprint density at radius 3 is 2.47 bits per heavy atom. The highest BCUT2D eigenvalue weighted by molar-refractivity contribution is 5.96. The van der Waals surface area contributed by atoms with E-state index in [9.17, 15) is 4.79 Å². The van der Waals surface area contributed by atoms with Gasteiger partial charge in [0, 0.05) is 31.6 Å². The largest absolute Gasteiger partial charge is 0.320 e. The van der Waals surface area contributed by atoms with Gasteiger partial charge in [-0.2, -0.15) is 0 Å². The van der Waals surface area contributed by atoms with Crippen molar-refractivity contribution >= 4 is 5.78 Å². The summed E-state index contributed by atoms with van der Waals surface area (Å²) in [5, 5.41) is 3.22. The molecular weight excluding hydrogens is 368 g/mol. The third-order valence-corrected chi connectivity index (χ3v) is 6.61. The molecule has 0 aliphatic carbocycles. The fourth-order valence-electron chi connectivity index (χ4n) is 4.44. The molecule has 0 bridgehead atoms. The number of hydrogen-bond donors (Lipinski definition) is 1. The predicted octanol–water partition coefficient (Wildman–Crippen LogP) is 5.19. The molecule has 0 fully saturated rings. The van der Waals surface area contributed by atoms with Crippen molar-refractivity contribution in [1.29, 1.82) is 0 Å². The average molecular weight is 407 g/mol. The lowest BCUT2D eigenvalue weighted by atomic mass is 9.92. The Morgan fingerprint density at radius 1 is 1.03 bits per heavy atom. The van der Waals surface area contributed by atoms with Crippen molar-refractivity contribution < 1.29 is 4.79 Å². The zero-order valence-corrected chi connectivity index (χ0v) is 19.0. The number of rotatable bonds is 10. The highest BCUT2D eigenvalue weighted by atomic mass is 16.1. The van der Waals surface area contributed by atoms with Crippen molar-refractivity contribution in [2.24, 2.45) is 5.92 Å². The fourth-order valence-corrected chi connectivity index (χ4v) is 4.44. The lowest BCUT2D eigenvalue weighted by molar-refractivity contribution is 0.0972. The Bertz CT molecular complexity index is 812. The maximum absolute atomic E-state index is 12.8. The van der Waals surface area contributed by atoms with Crippen LogP contribution in [-0.4, -0.2) is 37.4 Å². The number of Topliss-reactive ketones (excluding diaryl/α,β-unsaturated/α-hetero) is 1. The van der Waals surface area contributed by atoms with Crippen molar-refractivity contribution in [1.82, 2.24) is 10.2 Å². The molecule has 0 saturated heterocycles. The third kappa shape index (κ3) is 6.52. The molecule has 1 N–H and O–H groups in total. The van der Waals surface area contributed by atoms with Crippen LogP contribution in [-0.2, 0) is 19.4 Å². The first-order valence-corrected chi connectivity index (χ1v) is 11.7. The van der Waals surface area contributed by atoms with E-state index in [-0.39, 0.29) is 0 Å². The van der Waals surface area contributed by atoms with Crippen molar-refractivity contribution in [2.45, 2.75) is 58.9 Å². The van der Waals surface area contributed by atoms with Crippen molar-refractivity contribution in [3.8, 4) is 0 Å². The number of benzene rings is 2. The van der Waals surface area contributed by atoms with Crippen molar-refractivity contribution in [3.05, 3.63) is 70.3 Å². The van der Waals surface area contributed by atoms with Gasteiger partial charge in [0.15, 0.2) is 5.78 Å². The van der Waals surface area contributed by atoms with Gasteiger partial charge in [0.25, 0.3) is 0 Å². The molecule has 3 nitrogen and oxygen atoms in total. The molecule has 3 rings (SSSR count). The highest BCUT2D eigenvalue weighted by Gasteiger charge is 2.17. The van der Waals surface area contributed by atoms with E-state index < -0.39 is 0 Å². The maximum Gasteiger partial charge on any atom is 0.162 e. The van der Waals surface area contributed by atoms with Gasteiger partial charge in [0.1, 0.15) is 0 Å². The van der Waals surface area contributed by atoms with E-state index in [4.69, 9.17) is 0 Å². The van der Waals surface area contributed by atoms with E-state index in [1.54, 1.807) is 0 Å². The summed E-state index contributed by atoms with van der Waals surface area (Å²) in [5.41, 5.74) is 6.38. The van der Waals surface area contributed by atoms with E-state index in [1.807, 2.05) is 7.05 Å². The Morgan fingerprint density at radius 2 is 1.77 bits per heavy atom. The Balaban J connectivity index is 1.56. The van der Waals surface area contributed by atoms with Gasteiger partial charge in [-0.15, -0.1) is 0 Å². The van der Waals surface area contributed by atoms with Crippen LogP contribution in [0.3, 0.4) is 0 Å². The van der Waals surface area contributed by atoms with Gasteiger partial charge in [-0.1, -0.05) is 55.3 Å². The second kappa shape index (κ2) is 11.4. The number of hydrogen-bond acceptors (Lipinski definition) is 3. The Kier molecular flexibility index (Phi) is 8.65. The molecule has 0 radical (unpaired) electrons. The summed E-state index contributed by atoms with van der Waals surface area (Å²) in [4.78, 5) is 15.4. The first kappa shape index (κ1) is 22.7. The van der Waals surface area contributed by atoms with Crippen LogP contribution in [0.25, 0.3) is 0 Å². The van der Waals surface area contributed by atoms with Gasteiger partial charge in [-0.3, -0.25) is 9.69 Å². The first-order chi connectivity index (χ1) is 14.6. The standard InChI is InChI=1S/C27H38N2O/c1-4-22(13-16-28-3)9-12-27(30)26-11-10-24-14-17-29(18-15-25(24)19-26)20-23-7-5-21(2)6-8-23/h5-8,10-11,19,22,28H,4,9,12-18,20H2,1-3H3. The zero-order chi connectivity index (χ0) is 21.3. The lowest BCUT2D eigenvalue weighted by Gasteiger charge is -2.19. The molecule has 0 saturated carbocycles. The number of nitrogens with one attached hydrogen (secondary N) is 1. The second-order valence-corrected chi connectivity index (χ2v) is 8.87. The van der Waals surface area contributed by atoms with E-state index >= 15 is 0 Å². The van der Waals surface area contributed by atoms with Crippen LogP contribution in [0.4, 0.5) is 0 Å². The molecule has 0 amide bonds. The monoisotopic (exact) mass is 406 g/mol. The van der Waals surface area contributed by atoms with Crippen LogP contribution in [0.2, 0.25) is 0 Å². The fraction of sp³-hybridized carbons (Fsp3) is 0.519. The van der Waals surface area contributed by atoms with E-state index in [1.165, 1.54) is 22.3 Å². The van der Waals surface area contributed by atoms with Gasteiger partial charge < -0.3 is 5.32 Å². The van der Waals surface area contributed by atoms with E-state index in [2.05, 4.69) is 66.5 Å². The topological polar surface area (TPSA) is 32.3 Å². The number of aryl methyl sites for hydroxylation is 1. The van der Waals surface area contributed by atoms with Gasteiger partial charge >= 0.3 is 0 Å². The second-order valence-electron chi connectivity index (χ2n) is 8.87. The molecule has 1 atom stereocenters. The molecule has 0 spiro atoms. The van der Waals surface area contributed by atoms with Gasteiger partial charge in [0.05, 0.1) is 0 Å². The molecule has 1 aliphatic rings. The quantitative estimate of drug-likeness (QED) is 0.551. The summed E-state index contributed by atoms with van der Waals surface area (Å²) in [6.07, 6.45) is 6.07. The number of carbonyl (C=O) groups is 1. The van der Waals surface area contributed by atoms with E-state index in [0.717, 1.165) is 63.8 Å². The summed E-state index contributed by atoms with van der Waals surface area (Å²) in [7, 11) is 2.00. The molecule has 1 unspecified atom stereocenters. The minimum absolute atomic E-state index is 0.307. The van der Waals surface area contributed by atoms with Crippen LogP contribution in [0.5, 0.6) is 0 Å². The summed E-state index contributed by atoms with van der Waals surface area (Å²) >= 11 is 0. The molecule has 3 heteroatoms. The van der Waals surface area contributed by atoms with Gasteiger partial charge in [-0.05, 0) is 74.9 Å². The smallest absolute Gasteiger partial charge is 0.162 e. The number of nitrogens with zero attached hydrogens (tertiary/aromatic N) is 1. The number of fused-ring (bicyclic) bond motifs is 1. The maximum atomic E-state index is 12.8. The molecule has 162 valence electrons. The highest BCUT2D eigenvalue weighted by Crippen LogP contribution is 2.22. The minimum Gasteiger partial charge on any atom is -0.320 e. The van der Waals surface area contributed by atoms with Crippen LogP contribution in [0, 0.1) is 12.8 Å². The third-order valence-electron chi connectivity index (χ3n) is 6.61. The average Bonchev–Trinajstić information content (AvgIpc) is 2.97. The Labute approximate surface area is 182 Å². The van der Waals surface area contributed by atoms with Crippen molar-refractivity contribution in [2.75, 3.05) is 26.7 Å². The molecule has 2 aromatic carbocycles. The number of carbonyl (C=O) groups excluding carboxylic acids is 1. The van der Waals surface area contributed by atoms with Crippen LogP contribution in [0.1, 0.15) is 65.2 Å². The SMILES string of the molecule is CCC(CCNC)CCC(=O)c1ccc2c(c1)CCN(Cc1ccc(C)cc1)CC2. The zero-order valence-electron chi connectivity index (χ0n) is 19.0. The molecule has 2 aromatic rings. The summed E-state index contributed by atoms with van der Waals surface area (Å²) in [5.74, 6) is 0.944. The molecule has 0 aromatic heterocycles. The van der Waals surface area contributed by atoms with Crippen LogP contribution >= 0.6 is 0 Å². The van der Waals surface area contributed by atoms with Crippen LogP contribution in [0.15, 0.2) is 42.5 Å². The Hall–Kier alpha value is -1.97.